The Kier molecular flexibility index (Phi) is 3.33. The van der Waals surface area contributed by atoms with Gasteiger partial charge in [-0.05, 0) is 42.0 Å². The first kappa shape index (κ1) is 12.2. The second-order valence-electron chi connectivity index (χ2n) is 4.55. The molecule has 3 rings (SSSR count). The van der Waals surface area contributed by atoms with Gasteiger partial charge in [0.1, 0.15) is 5.82 Å². The maximum absolute atomic E-state index is 5.69. The van der Waals surface area contributed by atoms with E-state index in [1.807, 2.05) is 72.9 Å². The van der Waals surface area contributed by atoms with Crippen LogP contribution in [0.1, 0.15) is 0 Å². The van der Waals surface area contributed by atoms with Crippen molar-refractivity contribution in [2.24, 2.45) is 0 Å². The van der Waals surface area contributed by atoms with Gasteiger partial charge in [-0.2, -0.15) is 0 Å². The number of hydrogen-bond acceptors (Lipinski definition) is 3. The number of rotatable bonds is 3. The SMILES string of the molecule is Nc1ccc(-c2ccc(Nc3ccccc3)nc2)cc1. The van der Waals surface area contributed by atoms with E-state index in [4.69, 9.17) is 5.73 Å². The minimum absolute atomic E-state index is 0.768. The highest BCUT2D eigenvalue weighted by Crippen LogP contribution is 2.22. The first-order valence-electron chi connectivity index (χ1n) is 6.45. The molecule has 20 heavy (non-hydrogen) atoms. The number of hydrogen-bond donors (Lipinski definition) is 2. The largest absolute Gasteiger partial charge is 0.399 e. The molecule has 1 aromatic heterocycles. The van der Waals surface area contributed by atoms with E-state index in [2.05, 4.69) is 10.3 Å². The zero-order valence-electron chi connectivity index (χ0n) is 11.0. The van der Waals surface area contributed by atoms with Crippen LogP contribution in [0.3, 0.4) is 0 Å². The van der Waals surface area contributed by atoms with Crippen LogP contribution in [0.25, 0.3) is 11.1 Å². The van der Waals surface area contributed by atoms with Gasteiger partial charge in [0.05, 0.1) is 0 Å². The van der Waals surface area contributed by atoms with Crippen molar-refractivity contribution in [2.45, 2.75) is 0 Å². The molecule has 0 amide bonds. The number of para-hydroxylation sites is 1. The first-order valence-corrected chi connectivity index (χ1v) is 6.45. The molecule has 3 aromatic rings. The van der Waals surface area contributed by atoms with Crippen LogP contribution in [0.15, 0.2) is 72.9 Å². The molecule has 0 fully saturated rings. The quantitative estimate of drug-likeness (QED) is 0.699. The van der Waals surface area contributed by atoms with E-state index in [1.165, 1.54) is 0 Å². The van der Waals surface area contributed by atoms with E-state index in [1.54, 1.807) is 0 Å². The number of nitrogen functional groups attached to an aromatic ring is 1. The van der Waals surface area contributed by atoms with E-state index in [9.17, 15) is 0 Å². The van der Waals surface area contributed by atoms with Crippen LogP contribution in [-0.2, 0) is 0 Å². The topological polar surface area (TPSA) is 50.9 Å². The normalized spacial score (nSPS) is 10.2. The number of nitrogens with one attached hydrogen (secondary N) is 1. The fourth-order valence-electron chi connectivity index (χ4n) is 1.98. The highest BCUT2D eigenvalue weighted by atomic mass is 15.0. The monoisotopic (exact) mass is 261 g/mol. The zero-order chi connectivity index (χ0) is 13.8. The smallest absolute Gasteiger partial charge is 0.130 e. The highest BCUT2D eigenvalue weighted by molar-refractivity contribution is 5.66. The molecule has 3 heteroatoms. The number of aromatic nitrogens is 1. The Morgan fingerprint density at radius 3 is 2.10 bits per heavy atom. The number of anilines is 3. The summed E-state index contributed by atoms with van der Waals surface area (Å²) in [5.74, 6) is 0.829. The second kappa shape index (κ2) is 5.45. The summed E-state index contributed by atoms with van der Waals surface area (Å²) >= 11 is 0. The number of benzene rings is 2. The Morgan fingerprint density at radius 2 is 1.45 bits per heavy atom. The lowest BCUT2D eigenvalue weighted by molar-refractivity contribution is 1.31. The maximum atomic E-state index is 5.69. The van der Waals surface area contributed by atoms with Crippen LogP contribution >= 0.6 is 0 Å². The van der Waals surface area contributed by atoms with Crippen molar-refractivity contribution < 1.29 is 0 Å². The summed E-state index contributed by atoms with van der Waals surface area (Å²) in [6.45, 7) is 0. The molecule has 0 saturated heterocycles. The maximum Gasteiger partial charge on any atom is 0.130 e. The number of nitrogens with zero attached hydrogens (tertiary/aromatic N) is 1. The summed E-state index contributed by atoms with van der Waals surface area (Å²) < 4.78 is 0. The lowest BCUT2D eigenvalue weighted by Crippen LogP contribution is -1.93. The van der Waals surface area contributed by atoms with E-state index in [-0.39, 0.29) is 0 Å². The molecule has 0 aliphatic heterocycles. The van der Waals surface area contributed by atoms with Crippen molar-refractivity contribution in [1.29, 1.82) is 0 Å². The molecule has 0 spiro atoms. The van der Waals surface area contributed by atoms with Crippen LogP contribution < -0.4 is 11.1 Å². The summed E-state index contributed by atoms with van der Waals surface area (Å²) in [5.41, 5.74) is 9.67. The fourth-order valence-corrected chi connectivity index (χ4v) is 1.98. The third kappa shape index (κ3) is 2.78. The van der Waals surface area contributed by atoms with Gasteiger partial charge in [0.2, 0.25) is 0 Å². The Bertz CT molecular complexity index is 674. The average molecular weight is 261 g/mol. The molecule has 98 valence electrons. The Labute approximate surface area is 118 Å². The standard InChI is InChI=1S/C17H15N3/c18-15-9-6-13(7-10-15)14-8-11-17(19-12-14)20-16-4-2-1-3-5-16/h1-12H,18H2,(H,19,20). The number of pyridine rings is 1. The summed E-state index contributed by atoms with van der Waals surface area (Å²) in [6, 6.07) is 21.8. The third-order valence-electron chi connectivity index (χ3n) is 3.05. The van der Waals surface area contributed by atoms with Crippen molar-refractivity contribution in [3.05, 3.63) is 72.9 Å². The van der Waals surface area contributed by atoms with Crippen molar-refractivity contribution in [1.82, 2.24) is 4.98 Å². The van der Waals surface area contributed by atoms with Gasteiger partial charge in [0, 0.05) is 23.1 Å². The minimum atomic E-state index is 0.768. The minimum Gasteiger partial charge on any atom is -0.399 e. The van der Waals surface area contributed by atoms with E-state index >= 15 is 0 Å². The van der Waals surface area contributed by atoms with E-state index in [0.29, 0.717) is 0 Å². The van der Waals surface area contributed by atoms with Crippen molar-refractivity contribution in [3.8, 4) is 11.1 Å². The van der Waals surface area contributed by atoms with Crippen molar-refractivity contribution in [3.63, 3.8) is 0 Å². The lowest BCUT2D eigenvalue weighted by atomic mass is 10.1. The van der Waals surface area contributed by atoms with Crippen LogP contribution in [0.5, 0.6) is 0 Å². The molecule has 0 radical (unpaired) electrons. The molecule has 0 aliphatic rings. The fraction of sp³-hybridized carbons (Fsp3) is 0. The van der Waals surface area contributed by atoms with Gasteiger partial charge in [0.25, 0.3) is 0 Å². The van der Waals surface area contributed by atoms with Crippen molar-refractivity contribution in [2.75, 3.05) is 11.1 Å². The zero-order valence-corrected chi connectivity index (χ0v) is 11.0. The summed E-state index contributed by atoms with van der Waals surface area (Å²) in [5, 5.41) is 3.26. The average Bonchev–Trinajstić information content (AvgIpc) is 2.50. The van der Waals surface area contributed by atoms with Gasteiger partial charge in [0.15, 0.2) is 0 Å². The molecule has 0 atom stereocenters. The summed E-state index contributed by atoms with van der Waals surface area (Å²) in [7, 11) is 0. The Morgan fingerprint density at radius 1 is 0.750 bits per heavy atom. The molecule has 0 unspecified atom stereocenters. The van der Waals surface area contributed by atoms with Gasteiger partial charge in [-0.1, -0.05) is 30.3 Å². The second-order valence-corrected chi connectivity index (χ2v) is 4.55. The number of nitrogens with two attached hydrogens (primary N) is 1. The Balaban J connectivity index is 1.79. The van der Waals surface area contributed by atoms with E-state index in [0.717, 1.165) is 28.3 Å². The van der Waals surface area contributed by atoms with Gasteiger partial charge < -0.3 is 11.1 Å². The molecule has 3 nitrogen and oxygen atoms in total. The third-order valence-corrected chi connectivity index (χ3v) is 3.05. The molecule has 0 saturated carbocycles. The molecule has 1 heterocycles. The van der Waals surface area contributed by atoms with Crippen LogP contribution in [0.4, 0.5) is 17.2 Å². The lowest BCUT2D eigenvalue weighted by Gasteiger charge is -2.06. The van der Waals surface area contributed by atoms with Gasteiger partial charge in [-0.3, -0.25) is 0 Å². The van der Waals surface area contributed by atoms with Gasteiger partial charge in [-0.25, -0.2) is 4.98 Å². The van der Waals surface area contributed by atoms with Crippen LogP contribution in [0, 0.1) is 0 Å². The van der Waals surface area contributed by atoms with Gasteiger partial charge in [-0.15, -0.1) is 0 Å². The van der Waals surface area contributed by atoms with Gasteiger partial charge >= 0.3 is 0 Å². The Hall–Kier alpha value is -2.81. The molecular formula is C17H15N3. The van der Waals surface area contributed by atoms with Crippen molar-refractivity contribution >= 4 is 17.2 Å². The summed E-state index contributed by atoms with van der Waals surface area (Å²) in [4.78, 5) is 4.43. The molecule has 2 aromatic carbocycles. The van der Waals surface area contributed by atoms with E-state index < -0.39 is 0 Å². The first-order chi connectivity index (χ1) is 9.81. The predicted octanol–water partition coefficient (Wildman–Crippen LogP) is 4.07. The molecular weight excluding hydrogens is 246 g/mol. The molecule has 3 N–H and O–H groups in total. The predicted molar refractivity (Wildman–Crippen MR) is 83.8 cm³/mol. The molecule has 0 bridgehead atoms. The summed E-state index contributed by atoms with van der Waals surface area (Å²) in [6.07, 6.45) is 1.86. The van der Waals surface area contributed by atoms with Crippen LogP contribution in [0.2, 0.25) is 0 Å². The van der Waals surface area contributed by atoms with Crippen LogP contribution in [-0.4, -0.2) is 4.98 Å². The molecule has 0 aliphatic carbocycles. The highest BCUT2D eigenvalue weighted by Gasteiger charge is 1.99.